The van der Waals surface area contributed by atoms with E-state index in [-0.39, 0.29) is 0 Å². The van der Waals surface area contributed by atoms with Crippen LogP contribution in [0.4, 0.5) is 0 Å². The van der Waals surface area contributed by atoms with Gasteiger partial charge in [-0.3, -0.25) is 0 Å². The van der Waals surface area contributed by atoms with Gasteiger partial charge in [0.2, 0.25) is 0 Å². The van der Waals surface area contributed by atoms with Gasteiger partial charge in [-0.25, -0.2) is 4.79 Å². The third-order valence-electron chi connectivity index (χ3n) is 5.02. The van der Waals surface area contributed by atoms with E-state index in [1.807, 2.05) is 12.2 Å². The molecule has 0 radical (unpaired) electrons. The van der Waals surface area contributed by atoms with Crippen LogP contribution in [0.25, 0.3) is 0 Å². The number of unbranched alkanes of at least 4 members (excludes halogenated alkanes) is 4. The maximum atomic E-state index is 10.3. The number of hydrogen-bond acceptors (Lipinski definition) is 2. The number of carboxylic acids is 1. The second-order valence-corrected chi connectivity index (χ2v) is 6.84. The van der Waals surface area contributed by atoms with Crippen LogP contribution in [0.15, 0.2) is 24.3 Å². The minimum absolute atomic E-state index is 0.461. The average molecular weight is 322 g/mol. The molecule has 1 heterocycles. The first-order valence-electron chi connectivity index (χ1n) is 9.27. The van der Waals surface area contributed by atoms with Crippen LogP contribution in [0.2, 0.25) is 0 Å². The fourth-order valence-corrected chi connectivity index (χ4v) is 3.37. The highest BCUT2D eigenvalue weighted by Crippen LogP contribution is 2.36. The summed E-state index contributed by atoms with van der Waals surface area (Å²) in [5.74, 6) is 0.493. The number of ether oxygens (including phenoxy) is 1. The molecule has 132 valence electrons. The first kappa shape index (κ1) is 20.0. The van der Waals surface area contributed by atoms with Gasteiger partial charge in [0.15, 0.2) is 0 Å². The van der Waals surface area contributed by atoms with Gasteiger partial charge in [0.1, 0.15) is 0 Å². The lowest BCUT2D eigenvalue weighted by atomic mass is 9.87. The Morgan fingerprint density at radius 1 is 1.00 bits per heavy atom. The summed E-state index contributed by atoms with van der Waals surface area (Å²) in [5.41, 5.74) is 0. The van der Waals surface area contributed by atoms with Gasteiger partial charge >= 0.3 is 5.97 Å². The van der Waals surface area contributed by atoms with Crippen LogP contribution in [0.5, 0.6) is 0 Å². The van der Waals surface area contributed by atoms with Gasteiger partial charge in [0.05, 0.1) is 12.2 Å². The van der Waals surface area contributed by atoms with E-state index in [1.54, 1.807) is 6.08 Å². The number of carboxylic acid groups (broad SMARTS) is 1. The standard InChI is InChI=1S/C20H34O3/c1-4-13-18-16(2)17(3)19(23-18)14-11-9-7-5-6-8-10-12-15-20(21)22/h8,10,12,15-19H,4-7,9,11,13-14H2,1-3H3,(H,21,22). The Morgan fingerprint density at radius 3 is 2.30 bits per heavy atom. The highest BCUT2D eigenvalue weighted by atomic mass is 16.5. The van der Waals surface area contributed by atoms with Crippen molar-refractivity contribution in [1.82, 2.24) is 0 Å². The Labute approximate surface area is 141 Å². The molecule has 0 amide bonds. The smallest absolute Gasteiger partial charge is 0.328 e. The second-order valence-electron chi connectivity index (χ2n) is 6.84. The second kappa shape index (κ2) is 11.4. The van der Waals surface area contributed by atoms with E-state index in [0.717, 1.165) is 12.5 Å². The summed E-state index contributed by atoms with van der Waals surface area (Å²) in [7, 11) is 0. The van der Waals surface area contributed by atoms with Crippen LogP contribution in [0.1, 0.15) is 72.1 Å². The SMILES string of the molecule is CCCC1OC(CCCCCCC=CC=CC(=O)O)C(C)C1C. The fourth-order valence-electron chi connectivity index (χ4n) is 3.37. The maximum Gasteiger partial charge on any atom is 0.328 e. The summed E-state index contributed by atoms with van der Waals surface area (Å²) in [6.07, 6.45) is 17.1. The van der Waals surface area contributed by atoms with Crippen molar-refractivity contribution < 1.29 is 14.6 Å². The van der Waals surface area contributed by atoms with Crippen LogP contribution in [-0.4, -0.2) is 23.3 Å². The molecule has 0 aromatic rings. The molecule has 0 spiro atoms. The van der Waals surface area contributed by atoms with Crippen LogP contribution in [-0.2, 0) is 9.53 Å². The Balaban J connectivity index is 2.06. The Hall–Kier alpha value is -1.09. The third-order valence-corrected chi connectivity index (χ3v) is 5.02. The molecule has 1 N–H and O–H groups in total. The van der Waals surface area contributed by atoms with Gasteiger partial charge in [-0.05, 0) is 37.5 Å². The highest BCUT2D eigenvalue weighted by Gasteiger charge is 2.37. The summed E-state index contributed by atoms with van der Waals surface area (Å²) in [5, 5.41) is 8.45. The summed E-state index contributed by atoms with van der Waals surface area (Å²) in [4.78, 5) is 10.3. The van der Waals surface area contributed by atoms with Gasteiger partial charge in [-0.1, -0.05) is 64.7 Å². The highest BCUT2D eigenvalue weighted by molar-refractivity contribution is 5.80. The Bertz CT molecular complexity index is 386. The number of aliphatic carboxylic acids is 1. The van der Waals surface area contributed by atoms with Crippen molar-refractivity contribution in [2.45, 2.75) is 84.3 Å². The van der Waals surface area contributed by atoms with Crippen molar-refractivity contribution in [1.29, 1.82) is 0 Å². The van der Waals surface area contributed by atoms with E-state index in [0.29, 0.717) is 24.0 Å². The predicted octanol–water partition coefficient (Wildman–Crippen LogP) is 5.36. The maximum absolute atomic E-state index is 10.3. The Morgan fingerprint density at radius 2 is 1.65 bits per heavy atom. The van der Waals surface area contributed by atoms with Crippen LogP contribution in [0.3, 0.4) is 0 Å². The number of allylic oxidation sites excluding steroid dienone is 3. The fraction of sp³-hybridized carbons (Fsp3) is 0.750. The first-order valence-corrected chi connectivity index (χ1v) is 9.27. The van der Waals surface area contributed by atoms with Gasteiger partial charge in [0.25, 0.3) is 0 Å². The van der Waals surface area contributed by atoms with Crippen molar-refractivity contribution in [3.8, 4) is 0 Å². The average Bonchev–Trinajstić information content (AvgIpc) is 2.77. The van der Waals surface area contributed by atoms with Crippen LogP contribution in [0, 0.1) is 11.8 Å². The van der Waals surface area contributed by atoms with Gasteiger partial charge in [-0.2, -0.15) is 0 Å². The number of rotatable bonds is 11. The molecule has 1 aliphatic rings. The van der Waals surface area contributed by atoms with Crippen molar-refractivity contribution in [2.75, 3.05) is 0 Å². The molecule has 3 heteroatoms. The van der Waals surface area contributed by atoms with Gasteiger partial charge < -0.3 is 9.84 Å². The molecule has 1 rings (SSSR count). The topological polar surface area (TPSA) is 46.5 Å². The van der Waals surface area contributed by atoms with Crippen molar-refractivity contribution in [3.63, 3.8) is 0 Å². The molecule has 0 saturated carbocycles. The van der Waals surface area contributed by atoms with E-state index in [1.165, 1.54) is 44.9 Å². The molecular formula is C20H34O3. The lowest BCUT2D eigenvalue weighted by molar-refractivity contribution is -0.131. The quantitative estimate of drug-likeness (QED) is 0.316. The summed E-state index contributed by atoms with van der Waals surface area (Å²) in [6, 6.07) is 0. The number of hydrogen-bond donors (Lipinski definition) is 1. The molecule has 0 aromatic carbocycles. The summed E-state index contributed by atoms with van der Waals surface area (Å²) >= 11 is 0. The van der Waals surface area contributed by atoms with Crippen LogP contribution < -0.4 is 0 Å². The molecular weight excluding hydrogens is 288 g/mol. The van der Waals surface area contributed by atoms with Gasteiger partial charge in [-0.15, -0.1) is 0 Å². The molecule has 3 nitrogen and oxygen atoms in total. The van der Waals surface area contributed by atoms with Crippen LogP contribution >= 0.6 is 0 Å². The van der Waals surface area contributed by atoms with E-state index >= 15 is 0 Å². The summed E-state index contributed by atoms with van der Waals surface area (Å²) in [6.45, 7) is 6.93. The molecule has 0 bridgehead atoms. The van der Waals surface area contributed by atoms with E-state index in [9.17, 15) is 4.79 Å². The zero-order valence-corrected chi connectivity index (χ0v) is 15.0. The van der Waals surface area contributed by atoms with Gasteiger partial charge in [0, 0.05) is 6.08 Å². The molecule has 23 heavy (non-hydrogen) atoms. The van der Waals surface area contributed by atoms with Crippen molar-refractivity contribution >= 4 is 5.97 Å². The number of carbonyl (C=O) groups is 1. The van der Waals surface area contributed by atoms with E-state index < -0.39 is 5.97 Å². The molecule has 4 atom stereocenters. The third kappa shape index (κ3) is 7.83. The molecule has 1 fully saturated rings. The minimum Gasteiger partial charge on any atom is -0.478 e. The van der Waals surface area contributed by atoms with E-state index in [2.05, 4.69) is 20.8 Å². The molecule has 4 unspecified atom stereocenters. The molecule has 1 aliphatic heterocycles. The molecule has 0 aliphatic carbocycles. The predicted molar refractivity (Wildman–Crippen MR) is 95.5 cm³/mol. The first-order chi connectivity index (χ1) is 11.1. The lowest BCUT2D eigenvalue weighted by Gasteiger charge is -2.15. The minimum atomic E-state index is -0.895. The molecule has 0 aromatic heterocycles. The zero-order chi connectivity index (χ0) is 17.1. The van der Waals surface area contributed by atoms with Crippen molar-refractivity contribution in [2.24, 2.45) is 11.8 Å². The van der Waals surface area contributed by atoms with E-state index in [4.69, 9.17) is 9.84 Å². The molecule has 1 saturated heterocycles. The largest absolute Gasteiger partial charge is 0.478 e. The monoisotopic (exact) mass is 322 g/mol. The van der Waals surface area contributed by atoms with Crippen molar-refractivity contribution in [3.05, 3.63) is 24.3 Å². The summed E-state index contributed by atoms with van der Waals surface area (Å²) < 4.78 is 6.25. The lowest BCUT2D eigenvalue weighted by Crippen LogP contribution is -2.16. The normalized spacial score (nSPS) is 28.1. The zero-order valence-electron chi connectivity index (χ0n) is 15.0. The Kier molecular flexibility index (Phi) is 9.93.